The summed E-state index contributed by atoms with van der Waals surface area (Å²) >= 11 is 0. The Kier molecular flexibility index (Phi) is 3.85. The van der Waals surface area contributed by atoms with Crippen molar-refractivity contribution in [3.05, 3.63) is 35.9 Å². The van der Waals surface area contributed by atoms with E-state index in [4.69, 9.17) is 15.5 Å². The second kappa shape index (κ2) is 5.77. The van der Waals surface area contributed by atoms with Crippen molar-refractivity contribution >= 4 is 16.7 Å². The van der Waals surface area contributed by atoms with Crippen LogP contribution in [0.3, 0.4) is 0 Å². The fraction of sp³-hybridized carbons (Fsp3) is 0.438. The molecule has 2 heterocycles. The lowest BCUT2D eigenvalue weighted by molar-refractivity contribution is 0.0891. The van der Waals surface area contributed by atoms with Gasteiger partial charge in [-0.3, -0.25) is 0 Å². The molecule has 0 amide bonds. The van der Waals surface area contributed by atoms with Crippen LogP contribution in [0.15, 0.2) is 30.3 Å². The van der Waals surface area contributed by atoms with Crippen molar-refractivity contribution in [1.29, 1.82) is 0 Å². The maximum absolute atomic E-state index is 5.90. The lowest BCUT2D eigenvalue weighted by Gasteiger charge is -2.33. The van der Waals surface area contributed by atoms with Crippen LogP contribution in [0.1, 0.15) is 18.4 Å². The minimum absolute atomic E-state index is 0.304. The lowest BCUT2D eigenvalue weighted by atomic mass is 10.1. The second-order valence-electron chi connectivity index (χ2n) is 5.31. The van der Waals surface area contributed by atoms with E-state index < -0.39 is 0 Å². The number of rotatable bonds is 3. The normalized spacial score (nSPS) is 19.5. The van der Waals surface area contributed by atoms with Gasteiger partial charge in [0.25, 0.3) is 0 Å². The molecule has 2 N–H and O–H groups in total. The number of nitrogens with two attached hydrogens (primary N) is 1. The third kappa shape index (κ3) is 2.49. The maximum Gasteiger partial charge on any atom is 0.129 e. The summed E-state index contributed by atoms with van der Waals surface area (Å²) in [5.41, 5.74) is 8.07. The van der Waals surface area contributed by atoms with Gasteiger partial charge in [-0.05, 0) is 30.5 Å². The molecule has 0 saturated carbocycles. The SMILES string of the molecule is COC1CCCN(c2cc(CN)c3ccccc3n2)C1. The number of hydrogen-bond acceptors (Lipinski definition) is 4. The first kappa shape index (κ1) is 13.3. The largest absolute Gasteiger partial charge is 0.380 e. The van der Waals surface area contributed by atoms with Crippen molar-refractivity contribution in [2.45, 2.75) is 25.5 Å². The van der Waals surface area contributed by atoms with Crippen LogP contribution in [0.4, 0.5) is 5.82 Å². The number of pyridine rings is 1. The average molecular weight is 271 g/mol. The minimum atomic E-state index is 0.304. The van der Waals surface area contributed by atoms with Crippen LogP contribution in [0.25, 0.3) is 10.9 Å². The summed E-state index contributed by atoms with van der Waals surface area (Å²) in [6.07, 6.45) is 2.58. The monoisotopic (exact) mass is 271 g/mol. The number of aromatic nitrogens is 1. The molecule has 4 nitrogen and oxygen atoms in total. The van der Waals surface area contributed by atoms with Crippen LogP contribution in [-0.2, 0) is 11.3 Å². The predicted molar refractivity (Wildman–Crippen MR) is 81.9 cm³/mol. The van der Waals surface area contributed by atoms with Gasteiger partial charge in [0.15, 0.2) is 0 Å². The van der Waals surface area contributed by atoms with Crippen molar-refractivity contribution in [2.75, 3.05) is 25.1 Å². The van der Waals surface area contributed by atoms with Crippen LogP contribution in [-0.4, -0.2) is 31.3 Å². The van der Waals surface area contributed by atoms with Gasteiger partial charge < -0.3 is 15.4 Å². The van der Waals surface area contributed by atoms with E-state index in [-0.39, 0.29) is 0 Å². The first-order valence-corrected chi connectivity index (χ1v) is 7.18. The molecule has 0 bridgehead atoms. The van der Waals surface area contributed by atoms with E-state index in [0.29, 0.717) is 12.6 Å². The van der Waals surface area contributed by atoms with Gasteiger partial charge in [0.1, 0.15) is 5.82 Å². The molecule has 1 aromatic carbocycles. The molecule has 1 aliphatic rings. The van der Waals surface area contributed by atoms with Gasteiger partial charge in [-0.2, -0.15) is 0 Å². The number of hydrogen-bond donors (Lipinski definition) is 1. The highest BCUT2D eigenvalue weighted by atomic mass is 16.5. The smallest absolute Gasteiger partial charge is 0.129 e. The van der Waals surface area contributed by atoms with Crippen molar-refractivity contribution in [1.82, 2.24) is 4.98 Å². The van der Waals surface area contributed by atoms with Gasteiger partial charge >= 0.3 is 0 Å². The summed E-state index contributed by atoms with van der Waals surface area (Å²) in [6, 6.07) is 10.3. The van der Waals surface area contributed by atoms with E-state index in [1.165, 1.54) is 0 Å². The Morgan fingerprint density at radius 1 is 1.40 bits per heavy atom. The number of para-hydroxylation sites is 1. The van der Waals surface area contributed by atoms with Crippen molar-refractivity contribution < 1.29 is 4.74 Å². The third-order valence-corrected chi connectivity index (χ3v) is 4.04. The molecule has 1 aliphatic heterocycles. The Morgan fingerprint density at radius 2 is 2.25 bits per heavy atom. The molecular weight excluding hydrogens is 250 g/mol. The molecule has 0 aliphatic carbocycles. The van der Waals surface area contributed by atoms with Gasteiger partial charge in [0.2, 0.25) is 0 Å². The number of nitrogens with zero attached hydrogens (tertiary/aromatic N) is 2. The molecular formula is C16H21N3O. The summed E-state index contributed by atoms with van der Waals surface area (Å²) in [6.45, 7) is 2.48. The van der Waals surface area contributed by atoms with E-state index in [1.54, 1.807) is 7.11 Å². The number of piperidine rings is 1. The Labute approximate surface area is 119 Å². The fourth-order valence-corrected chi connectivity index (χ4v) is 2.90. The topological polar surface area (TPSA) is 51.4 Å². The zero-order valence-corrected chi connectivity index (χ0v) is 11.9. The summed E-state index contributed by atoms with van der Waals surface area (Å²) in [5.74, 6) is 1.02. The summed E-state index contributed by atoms with van der Waals surface area (Å²) in [4.78, 5) is 7.10. The van der Waals surface area contributed by atoms with Crippen LogP contribution < -0.4 is 10.6 Å². The summed E-state index contributed by atoms with van der Waals surface area (Å²) in [5, 5.41) is 1.15. The predicted octanol–water partition coefficient (Wildman–Crippen LogP) is 2.31. The Hall–Kier alpha value is -1.65. The zero-order chi connectivity index (χ0) is 13.9. The Bertz CT molecular complexity index is 599. The highest BCUT2D eigenvalue weighted by Crippen LogP contribution is 2.25. The Balaban J connectivity index is 1.99. The highest BCUT2D eigenvalue weighted by Gasteiger charge is 2.21. The molecule has 106 valence electrons. The molecule has 1 aromatic heterocycles. The molecule has 0 spiro atoms. The standard InChI is InChI=1S/C16H21N3O/c1-20-13-5-4-8-19(11-13)16-9-12(10-17)14-6-2-3-7-15(14)18-16/h2-3,6-7,9,13H,4-5,8,10-11,17H2,1H3. The van der Waals surface area contributed by atoms with Crippen molar-refractivity contribution in [3.63, 3.8) is 0 Å². The van der Waals surface area contributed by atoms with Gasteiger partial charge in [-0.25, -0.2) is 4.98 Å². The molecule has 1 saturated heterocycles. The molecule has 1 atom stereocenters. The van der Waals surface area contributed by atoms with Gasteiger partial charge in [-0.1, -0.05) is 18.2 Å². The fourth-order valence-electron chi connectivity index (χ4n) is 2.90. The van der Waals surface area contributed by atoms with Gasteiger partial charge in [0, 0.05) is 32.1 Å². The number of anilines is 1. The summed E-state index contributed by atoms with van der Waals surface area (Å²) < 4.78 is 5.49. The molecule has 3 rings (SSSR count). The van der Waals surface area contributed by atoms with Crippen molar-refractivity contribution in [3.8, 4) is 0 Å². The maximum atomic E-state index is 5.90. The zero-order valence-electron chi connectivity index (χ0n) is 11.9. The first-order valence-electron chi connectivity index (χ1n) is 7.18. The van der Waals surface area contributed by atoms with E-state index in [2.05, 4.69) is 23.1 Å². The van der Waals surface area contributed by atoms with E-state index in [0.717, 1.165) is 48.2 Å². The number of methoxy groups -OCH3 is 1. The average Bonchev–Trinajstić information content (AvgIpc) is 2.53. The lowest BCUT2D eigenvalue weighted by Crippen LogP contribution is -2.39. The number of fused-ring (bicyclic) bond motifs is 1. The van der Waals surface area contributed by atoms with Crippen LogP contribution in [0.2, 0.25) is 0 Å². The van der Waals surface area contributed by atoms with E-state index in [1.807, 2.05) is 12.1 Å². The van der Waals surface area contributed by atoms with Gasteiger partial charge in [0.05, 0.1) is 11.6 Å². The first-order chi connectivity index (χ1) is 9.81. The second-order valence-corrected chi connectivity index (χ2v) is 5.31. The Morgan fingerprint density at radius 3 is 3.05 bits per heavy atom. The third-order valence-electron chi connectivity index (χ3n) is 4.04. The van der Waals surface area contributed by atoms with Crippen LogP contribution >= 0.6 is 0 Å². The summed E-state index contributed by atoms with van der Waals surface area (Å²) in [7, 11) is 1.79. The van der Waals surface area contributed by atoms with Gasteiger partial charge in [-0.15, -0.1) is 0 Å². The molecule has 1 fully saturated rings. The number of benzene rings is 1. The highest BCUT2D eigenvalue weighted by molar-refractivity contribution is 5.84. The van der Waals surface area contributed by atoms with Crippen LogP contribution in [0.5, 0.6) is 0 Å². The van der Waals surface area contributed by atoms with E-state index >= 15 is 0 Å². The van der Waals surface area contributed by atoms with Crippen molar-refractivity contribution in [2.24, 2.45) is 5.73 Å². The molecule has 4 heteroatoms. The van der Waals surface area contributed by atoms with Crippen LogP contribution in [0, 0.1) is 0 Å². The minimum Gasteiger partial charge on any atom is -0.380 e. The molecule has 1 unspecified atom stereocenters. The molecule has 20 heavy (non-hydrogen) atoms. The molecule has 0 radical (unpaired) electrons. The number of ether oxygens (including phenoxy) is 1. The molecule has 2 aromatic rings. The van der Waals surface area contributed by atoms with E-state index in [9.17, 15) is 0 Å². The quantitative estimate of drug-likeness (QED) is 0.930.